The molecule has 0 aliphatic carbocycles. The normalized spacial score (nSPS) is 17.4. The standard InChI is InChI=1S/C27H23F6NO3/c1-36-24(35)19-7-4-6-18(14-19)16-25(20-8-5-9-21(15-20)37-27(31,32)33)17-34(13-12-26(28,29)30)23-11-3-2-10-22(23)25/h2-11,14-15H,12-13,16-17H2,1H3. The Morgan fingerprint density at radius 3 is 2.38 bits per heavy atom. The molecule has 37 heavy (non-hydrogen) atoms. The molecule has 1 aliphatic rings. The van der Waals surface area contributed by atoms with Crippen LogP contribution in [-0.4, -0.2) is 38.7 Å². The van der Waals surface area contributed by atoms with Crippen LogP contribution in [0, 0.1) is 0 Å². The summed E-state index contributed by atoms with van der Waals surface area (Å²) in [4.78, 5) is 13.7. The van der Waals surface area contributed by atoms with E-state index in [0.29, 0.717) is 22.4 Å². The fourth-order valence-electron chi connectivity index (χ4n) is 4.88. The third kappa shape index (κ3) is 6.00. The zero-order valence-electron chi connectivity index (χ0n) is 19.7. The molecule has 0 saturated carbocycles. The van der Waals surface area contributed by atoms with Gasteiger partial charge in [-0.3, -0.25) is 0 Å². The number of nitrogens with zero attached hydrogens (tertiary/aromatic N) is 1. The Balaban J connectivity index is 1.84. The second-order valence-electron chi connectivity index (χ2n) is 8.83. The molecule has 0 amide bonds. The molecule has 1 heterocycles. The Morgan fingerprint density at radius 2 is 1.68 bits per heavy atom. The van der Waals surface area contributed by atoms with Crippen molar-refractivity contribution in [1.82, 2.24) is 0 Å². The predicted molar refractivity (Wildman–Crippen MR) is 125 cm³/mol. The molecule has 0 N–H and O–H groups in total. The molecule has 3 aromatic carbocycles. The van der Waals surface area contributed by atoms with Crippen LogP contribution in [0.2, 0.25) is 0 Å². The molecule has 0 saturated heterocycles. The van der Waals surface area contributed by atoms with Crippen LogP contribution in [0.3, 0.4) is 0 Å². The van der Waals surface area contributed by atoms with E-state index in [1.165, 1.54) is 25.3 Å². The molecule has 0 radical (unpaired) electrons. The van der Waals surface area contributed by atoms with E-state index in [-0.39, 0.29) is 25.1 Å². The van der Waals surface area contributed by atoms with Gasteiger partial charge in [-0.05, 0) is 53.4 Å². The number of carbonyl (C=O) groups is 1. The smallest absolute Gasteiger partial charge is 0.465 e. The van der Waals surface area contributed by atoms with Crippen molar-refractivity contribution >= 4 is 11.7 Å². The highest BCUT2D eigenvalue weighted by atomic mass is 19.4. The summed E-state index contributed by atoms with van der Waals surface area (Å²) < 4.78 is 87.2. The van der Waals surface area contributed by atoms with Crippen LogP contribution in [0.5, 0.6) is 5.75 Å². The van der Waals surface area contributed by atoms with Crippen molar-refractivity contribution in [2.24, 2.45) is 0 Å². The van der Waals surface area contributed by atoms with Gasteiger partial charge in [0.15, 0.2) is 0 Å². The van der Waals surface area contributed by atoms with E-state index in [0.717, 1.165) is 0 Å². The van der Waals surface area contributed by atoms with Crippen LogP contribution in [-0.2, 0) is 16.6 Å². The fraction of sp³-hybridized carbons (Fsp3) is 0.296. The third-order valence-corrected chi connectivity index (χ3v) is 6.36. The van der Waals surface area contributed by atoms with Crippen LogP contribution in [0.15, 0.2) is 72.8 Å². The van der Waals surface area contributed by atoms with Crippen molar-refractivity contribution in [3.63, 3.8) is 0 Å². The fourth-order valence-corrected chi connectivity index (χ4v) is 4.88. The number of hydrogen-bond donors (Lipinski definition) is 0. The topological polar surface area (TPSA) is 38.8 Å². The molecule has 0 fully saturated rings. The van der Waals surface area contributed by atoms with Crippen molar-refractivity contribution in [3.05, 3.63) is 95.1 Å². The van der Waals surface area contributed by atoms with Gasteiger partial charge in [0.25, 0.3) is 0 Å². The molecule has 4 nitrogen and oxygen atoms in total. The summed E-state index contributed by atoms with van der Waals surface area (Å²) in [6.07, 6.45) is -10.1. The number of ether oxygens (including phenoxy) is 2. The average Bonchev–Trinajstić information content (AvgIpc) is 3.15. The lowest BCUT2D eigenvalue weighted by Crippen LogP contribution is -2.38. The van der Waals surface area contributed by atoms with Gasteiger partial charge in [0.2, 0.25) is 0 Å². The average molecular weight is 523 g/mol. The van der Waals surface area contributed by atoms with Crippen LogP contribution in [0.4, 0.5) is 32.0 Å². The number of anilines is 1. The van der Waals surface area contributed by atoms with Crippen LogP contribution in [0.1, 0.15) is 33.5 Å². The number of fused-ring (bicyclic) bond motifs is 1. The Labute approximate surface area is 209 Å². The molecule has 4 rings (SSSR count). The Bertz CT molecular complexity index is 1270. The van der Waals surface area contributed by atoms with Gasteiger partial charge in [0.1, 0.15) is 5.75 Å². The van der Waals surface area contributed by atoms with Gasteiger partial charge in [-0.15, -0.1) is 13.2 Å². The van der Waals surface area contributed by atoms with E-state index < -0.39 is 36.1 Å². The minimum Gasteiger partial charge on any atom is -0.465 e. The van der Waals surface area contributed by atoms with Crippen molar-refractivity contribution in [1.29, 1.82) is 0 Å². The number of halogens is 6. The molecule has 1 aliphatic heterocycles. The summed E-state index contributed by atoms with van der Waals surface area (Å²) in [6.45, 7) is -0.233. The number of para-hydroxylation sites is 1. The van der Waals surface area contributed by atoms with Gasteiger partial charge >= 0.3 is 18.5 Å². The molecule has 3 aromatic rings. The van der Waals surface area contributed by atoms with Gasteiger partial charge in [-0.25, -0.2) is 4.79 Å². The SMILES string of the molecule is COC(=O)c1cccc(CC2(c3cccc(OC(F)(F)F)c3)CN(CCC(F)(F)F)c3ccccc32)c1. The highest BCUT2D eigenvalue weighted by Gasteiger charge is 2.45. The largest absolute Gasteiger partial charge is 0.573 e. The molecular weight excluding hydrogens is 500 g/mol. The second kappa shape index (κ2) is 9.99. The van der Waals surface area contributed by atoms with Crippen molar-refractivity contribution in [2.75, 3.05) is 25.1 Å². The number of alkyl halides is 6. The summed E-state index contributed by atoms with van der Waals surface area (Å²) >= 11 is 0. The van der Waals surface area contributed by atoms with Crippen molar-refractivity contribution in [2.45, 2.75) is 30.8 Å². The van der Waals surface area contributed by atoms with E-state index in [9.17, 15) is 31.1 Å². The highest BCUT2D eigenvalue weighted by Crippen LogP contribution is 2.48. The lowest BCUT2D eigenvalue weighted by Gasteiger charge is -2.32. The third-order valence-electron chi connectivity index (χ3n) is 6.36. The van der Waals surface area contributed by atoms with Crippen LogP contribution >= 0.6 is 0 Å². The summed E-state index contributed by atoms with van der Waals surface area (Å²) in [7, 11) is 1.24. The minimum absolute atomic E-state index is 0.0837. The van der Waals surface area contributed by atoms with Crippen molar-refractivity contribution < 1.29 is 40.6 Å². The van der Waals surface area contributed by atoms with Crippen LogP contribution < -0.4 is 9.64 Å². The van der Waals surface area contributed by atoms with E-state index in [4.69, 9.17) is 4.74 Å². The van der Waals surface area contributed by atoms with E-state index >= 15 is 0 Å². The summed E-state index contributed by atoms with van der Waals surface area (Å²) in [6, 6.07) is 19.0. The number of benzene rings is 3. The number of hydrogen-bond acceptors (Lipinski definition) is 4. The first-order chi connectivity index (χ1) is 17.4. The summed E-state index contributed by atoms with van der Waals surface area (Å²) in [5.74, 6) is -0.992. The quantitative estimate of drug-likeness (QED) is 0.256. The van der Waals surface area contributed by atoms with Gasteiger partial charge in [0.05, 0.1) is 19.1 Å². The second-order valence-corrected chi connectivity index (χ2v) is 8.83. The maximum atomic E-state index is 13.1. The number of methoxy groups -OCH3 is 1. The maximum Gasteiger partial charge on any atom is 0.573 e. The predicted octanol–water partition coefficient (Wildman–Crippen LogP) is 6.67. The molecular formula is C27H23F6NO3. The molecule has 0 spiro atoms. The highest BCUT2D eigenvalue weighted by molar-refractivity contribution is 5.89. The molecule has 10 heteroatoms. The molecule has 196 valence electrons. The Morgan fingerprint density at radius 1 is 0.946 bits per heavy atom. The lowest BCUT2D eigenvalue weighted by molar-refractivity contribution is -0.274. The zero-order valence-corrected chi connectivity index (χ0v) is 19.7. The minimum atomic E-state index is -4.91. The Hall–Kier alpha value is -3.69. The molecule has 1 atom stereocenters. The van der Waals surface area contributed by atoms with E-state index in [1.807, 2.05) is 0 Å². The van der Waals surface area contributed by atoms with Gasteiger partial charge < -0.3 is 14.4 Å². The molecule has 1 unspecified atom stereocenters. The first-order valence-electron chi connectivity index (χ1n) is 11.3. The maximum absolute atomic E-state index is 13.1. The number of carbonyl (C=O) groups excluding carboxylic acids is 1. The molecule has 0 bridgehead atoms. The first kappa shape index (κ1) is 26.4. The van der Waals surface area contributed by atoms with E-state index in [2.05, 4.69) is 4.74 Å². The monoisotopic (exact) mass is 523 g/mol. The van der Waals surface area contributed by atoms with Gasteiger partial charge in [-0.1, -0.05) is 42.5 Å². The number of esters is 1. The van der Waals surface area contributed by atoms with Crippen molar-refractivity contribution in [3.8, 4) is 5.75 Å². The lowest BCUT2D eigenvalue weighted by atomic mass is 9.71. The van der Waals surface area contributed by atoms with Gasteiger partial charge in [0, 0.05) is 24.2 Å². The summed E-state index contributed by atoms with van der Waals surface area (Å²) in [5, 5.41) is 0. The number of rotatable bonds is 7. The zero-order chi connectivity index (χ0) is 26.8. The van der Waals surface area contributed by atoms with Gasteiger partial charge in [-0.2, -0.15) is 13.2 Å². The first-order valence-corrected chi connectivity index (χ1v) is 11.3. The Kier molecular flexibility index (Phi) is 7.12. The van der Waals surface area contributed by atoms with Crippen LogP contribution in [0.25, 0.3) is 0 Å². The summed E-state index contributed by atoms with van der Waals surface area (Å²) in [5.41, 5.74) is 1.60. The molecule has 0 aromatic heterocycles. The van der Waals surface area contributed by atoms with E-state index in [1.54, 1.807) is 59.5 Å².